The molecule has 0 saturated heterocycles. The summed E-state index contributed by atoms with van der Waals surface area (Å²) in [5.41, 5.74) is 1.16. The maximum atomic E-state index is 13.4. The van der Waals surface area contributed by atoms with Crippen molar-refractivity contribution >= 4 is 28.8 Å². The summed E-state index contributed by atoms with van der Waals surface area (Å²) in [5.74, 6) is 0.774. The quantitative estimate of drug-likeness (QED) is 0.526. The van der Waals surface area contributed by atoms with Gasteiger partial charge in [-0.25, -0.2) is 0 Å². The minimum absolute atomic E-state index is 0.0452. The molecule has 176 valence electrons. The van der Waals surface area contributed by atoms with Crippen LogP contribution < -0.4 is 4.74 Å². The number of thiophene rings is 1. The van der Waals surface area contributed by atoms with Gasteiger partial charge in [0, 0.05) is 35.6 Å². The number of fused-ring (bicyclic) bond motifs is 1. The molecular weight excluding hydrogens is 448 g/mol. The van der Waals surface area contributed by atoms with E-state index in [0.717, 1.165) is 17.7 Å². The smallest absolute Gasteiger partial charge is 0.237 e. The molecule has 0 unspecified atom stereocenters. The maximum Gasteiger partial charge on any atom is 0.237 e. The van der Waals surface area contributed by atoms with Gasteiger partial charge in [0.15, 0.2) is 0 Å². The van der Waals surface area contributed by atoms with Crippen LogP contribution in [0.15, 0.2) is 35.7 Å². The van der Waals surface area contributed by atoms with Crippen molar-refractivity contribution < 1.29 is 19.4 Å². The molecule has 1 amide bonds. The number of hydrogen-bond donors (Lipinski definition) is 1. The van der Waals surface area contributed by atoms with Crippen molar-refractivity contribution in [3.05, 3.63) is 51.2 Å². The van der Waals surface area contributed by atoms with Crippen LogP contribution in [0.1, 0.15) is 37.3 Å². The molecule has 1 aromatic heterocycles. The average Bonchev–Trinajstić information content (AvgIpc) is 3.25. The highest BCUT2D eigenvalue weighted by Crippen LogP contribution is 2.34. The predicted molar refractivity (Wildman–Crippen MR) is 129 cm³/mol. The number of benzene rings is 1. The summed E-state index contributed by atoms with van der Waals surface area (Å²) >= 11 is 7.71. The molecule has 1 aliphatic rings. The van der Waals surface area contributed by atoms with Crippen LogP contribution in [0, 0.1) is 0 Å². The zero-order valence-corrected chi connectivity index (χ0v) is 20.6. The molecule has 1 aliphatic heterocycles. The fourth-order valence-corrected chi connectivity index (χ4v) is 4.93. The number of hydrogen-bond acceptors (Lipinski definition) is 6. The van der Waals surface area contributed by atoms with Crippen LogP contribution in [-0.4, -0.2) is 72.4 Å². The van der Waals surface area contributed by atoms with Crippen molar-refractivity contribution in [2.24, 2.45) is 0 Å². The second kappa shape index (κ2) is 12.0. The molecule has 0 spiro atoms. The molecule has 0 radical (unpaired) electrons. The van der Waals surface area contributed by atoms with Gasteiger partial charge in [-0.2, -0.15) is 0 Å². The number of carbonyl (C=O) groups is 1. The SMILES string of the molecule is CCOC[C@@H](O)CN(CC(=O)N1CCc2sccc2[C@H]1COc1ccc(Cl)cc1)C(C)C. The molecule has 6 nitrogen and oxygen atoms in total. The molecule has 2 atom stereocenters. The molecule has 3 rings (SSSR count). The fraction of sp³-hybridized carbons (Fsp3) is 0.542. The van der Waals surface area contributed by atoms with Gasteiger partial charge in [0.05, 0.1) is 25.3 Å². The van der Waals surface area contributed by atoms with Crippen LogP contribution in [0.5, 0.6) is 5.75 Å². The van der Waals surface area contributed by atoms with E-state index in [1.165, 1.54) is 4.88 Å². The number of aliphatic hydroxyl groups is 1. The van der Waals surface area contributed by atoms with E-state index in [0.29, 0.717) is 31.3 Å². The Hall–Kier alpha value is -1.64. The lowest BCUT2D eigenvalue weighted by molar-refractivity contribution is -0.137. The van der Waals surface area contributed by atoms with E-state index in [1.807, 2.05) is 42.7 Å². The fourth-order valence-electron chi connectivity index (χ4n) is 3.88. The van der Waals surface area contributed by atoms with Crippen molar-refractivity contribution in [3.8, 4) is 5.75 Å². The van der Waals surface area contributed by atoms with Gasteiger partial charge in [0.2, 0.25) is 5.91 Å². The van der Waals surface area contributed by atoms with Crippen LogP contribution in [0.4, 0.5) is 0 Å². The molecule has 8 heteroatoms. The number of halogens is 1. The van der Waals surface area contributed by atoms with Gasteiger partial charge in [-0.1, -0.05) is 11.6 Å². The first-order chi connectivity index (χ1) is 15.4. The minimum atomic E-state index is -0.626. The minimum Gasteiger partial charge on any atom is -0.491 e. The second-order valence-corrected chi connectivity index (χ2v) is 9.69. The standard InChI is InChI=1S/C24H33ClN2O4S/c1-4-30-15-19(28)13-26(17(2)3)14-24(29)27-11-9-23-21(10-12-32-23)22(27)16-31-20-7-5-18(25)6-8-20/h5-8,10,12,17,19,22,28H,4,9,11,13-16H2,1-3H3/t19-,22+/m0/s1. The summed E-state index contributed by atoms with van der Waals surface area (Å²) in [6.45, 7) is 8.49. The van der Waals surface area contributed by atoms with Crippen molar-refractivity contribution in [1.29, 1.82) is 0 Å². The molecule has 0 aliphatic carbocycles. The van der Waals surface area contributed by atoms with Crippen molar-refractivity contribution in [3.63, 3.8) is 0 Å². The lowest BCUT2D eigenvalue weighted by atomic mass is 10.00. The summed E-state index contributed by atoms with van der Waals surface area (Å²) in [5, 5.41) is 13.0. The first-order valence-electron chi connectivity index (χ1n) is 11.1. The Morgan fingerprint density at radius 1 is 1.31 bits per heavy atom. The number of amides is 1. The monoisotopic (exact) mass is 480 g/mol. The Balaban J connectivity index is 1.70. The van der Waals surface area contributed by atoms with Gasteiger partial charge in [-0.05, 0) is 68.5 Å². The second-order valence-electron chi connectivity index (χ2n) is 8.25. The Morgan fingerprint density at radius 3 is 2.75 bits per heavy atom. The highest BCUT2D eigenvalue weighted by atomic mass is 35.5. The molecule has 2 aromatic rings. The lowest BCUT2D eigenvalue weighted by Gasteiger charge is -2.38. The Kier molecular flexibility index (Phi) is 9.37. The van der Waals surface area contributed by atoms with Gasteiger partial charge in [-0.15, -0.1) is 11.3 Å². The molecule has 0 bridgehead atoms. The van der Waals surface area contributed by atoms with E-state index in [1.54, 1.807) is 23.5 Å². The van der Waals surface area contributed by atoms with Crippen LogP contribution in [-0.2, 0) is 16.0 Å². The van der Waals surface area contributed by atoms with E-state index in [2.05, 4.69) is 11.4 Å². The van der Waals surface area contributed by atoms with E-state index >= 15 is 0 Å². The number of nitrogens with zero attached hydrogens (tertiary/aromatic N) is 2. The summed E-state index contributed by atoms with van der Waals surface area (Å²) in [6.07, 6.45) is 0.226. The number of carbonyl (C=O) groups excluding carboxylic acids is 1. The van der Waals surface area contributed by atoms with Crippen molar-refractivity contribution in [2.75, 3.05) is 39.5 Å². The number of aliphatic hydroxyl groups excluding tert-OH is 1. The normalized spacial score (nSPS) is 17.0. The molecule has 1 N–H and O–H groups in total. The number of rotatable bonds is 11. The van der Waals surface area contributed by atoms with E-state index in [9.17, 15) is 9.90 Å². The third-order valence-electron chi connectivity index (χ3n) is 5.66. The number of ether oxygens (including phenoxy) is 2. The molecule has 0 saturated carbocycles. The maximum absolute atomic E-state index is 13.4. The molecule has 0 fully saturated rings. The largest absolute Gasteiger partial charge is 0.491 e. The predicted octanol–water partition coefficient (Wildman–Crippen LogP) is 4.01. The molecular formula is C24H33ClN2O4S. The highest BCUT2D eigenvalue weighted by Gasteiger charge is 2.33. The highest BCUT2D eigenvalue weighted by molar-refractivity contribution is 7.10. The Morgan fingerprint density at radius 2 is 2.06 bits per heavy atom. The van der Waals surface area contributed by atoms with E-state index < -0.39 is 6.10 Å². The topological polar surface area (TPSA) is 62.2 Å². The summed E-state index contributed by atoms with van der Waals surface area (Å²) < 4.78 is 11.4. The van der Waals surface area contributed by atoms with Gasteiger partial charge >= 0.3 is 0 Å². The van der Waals surface area contributed by atoms with Crippen LogP contribution in [0.25, 0.3) is 0 Å². The molecule has 2 heterocycles. The van der Waals surface area contributed by atoms with E-state index in [-0.39, 0.29) is 31.1 Å². The van der Waals surface area contributed by atoms with Crippen LogP contribution in [0.2, 0.25) is 5.02 Å². The van der Waals surface area contributed by atoms with Gasteiger partial charge < -0.3 is 19.5 Å². The zero-order chi connectivity index (χ0) is 23.1. The van der Waals surface area contributed by atoms with Crippen molar-refractivity contribution in [2.45, 2.75) is 45.4 Å². The Labute approximate surface area is 199 Å². The van der Waals surface area contributed by atoms with Crippen LogP contribution in [0.3, 0.4) is 0 Å². The lowest BCUT2D eigenvalue weighted by Crippen LogP contribution is -2.49. The molecule has 1 aromatic carbocycles. The third kappa shape index (κ3) is 6.68. The van der Waals surface area contributed by atoms with Gasteiger partial charge in [0.25, 0.3) is 0 Å². The third-order valence-corrected chi connectivity index (χ3v) is 6.91. The first kappa shape index (κ1) is 25.0. The summed E-state index contributed by atoms with van der Waals surface area (Å²) in [6, 6.07) is 9.35. The molecule has 32 heavy (non-hydrogen) atoms. The van der Waals surface area contributed by atoms with Gasteiger partial charge in [-0.3, -0.25) is 9.69 Å². The van der Waals surface area contributed by atoms with Crippen LogP contribution >= 0.6 is 22.9 Å². The first-order valence-corrected chi connectivity index (χ1v) is 12.4. The average molecular weight is 481 g/mol. The Bertz CT molecular complexity index is 858. The van der Waals surface area contributed by atoms with Gasteiger partial charge in [0.1, 0.15) is 12.4 Å². The zero-order valence-electron chi connectivity index (χ0n) is 19.0. The summed E-state index contributed by atoms with van der Waals surface area (Å²) in [7, 11) is 0. The van der Waals surface area contributed by atoms with E-state index in [4.69, 9.17) is 21.1 Å². The summed E-state index contributed by atoms with van der Waals surface area (Å²) in [4.78, 5) is 18.7. The van der Waals surface area contributed by atoms with Crippen molar-refractivity contribution in [1.82, 2.24) is 9.80 Å².